The van der Waals surface area contributed by atoms with Crippen LogP contribution in [-0.2, 0) is 6.54 Å². The summed E-state index contributed by atoms with van der Waals surface area (Å²) in [6.45, 7) is 7.07. The van der Waals surface area contributed by atoms with Gasteiger partial charge in [0.15, 0.2) is 0 Å². The van der Waals surface area contributed by atoms with E-state index in [9.17, 15) is 4.39 Å². The number of ether oxygens (including phenoxy) is 1. The highest BCUT2D eigenvalue weighted by atomic mass is 19.1. The number of nitrogens with zero attached hydrogens (tertiary/aromatic N) is 5. The van der Waals surface area contributed by atoms with Gasteiger partial charge in [0.25, 0.3) is 0 Å². The van der Waals surface area contributed by atoms with Crippen molar-refractivity contribution in [2.45, 2.75) is 12.6 Å². The number of piperazine rings is 1. The average molecular weight is 357 g/mol. The molecule has 1 aromatic heterocycles. The minimum Gasteiger partial charge on any atom is -0.467 e. The minimum atomic E-state index is -0.178. The number of benzene rings is 1. The van der Waals surface area contributed by atoms with Crippen LogP contribution in [0.15, 0.2) is 36.5 Å². The SMILES string of the molecule is COc1nccc(CN2CC(N3CCN(c4ccc(F)cc4)CC3)C2)n1. The number of hydrogen-bond acceptors (Lipinski definition) is 6. The Kier molecular flexibility index (Phi) is 4.99. The molecule has 0 unspecified atom stereocenters. The molecule has 1 aromatic carbocycles. The highest BCUT2D eigenvalue weighted by Crippen LogP contribution is 2.22. The Balaban J connectivity index is 1.23. The maximum Gasteiger partial charge on any atom is 0.316 e. The highest BCUT2D eigenvalue weighted by Gasteiger charge is 2.33. The first-order chi connectivity index (χ1) is 12.7. The van der Waals surface area contributed by atoms with E-state index in [1.165, 1.54) is 12.1 Å². The van der Waals surface area contributed by atoms with Crippen molar-refractivity contribution in [3.8, 4) is 6.01 Å². The monoisotopic (exact) mass is 357 g/mol. The van der Waals surface area contributed by atoms with E-state index in [0.717, 1.165) is 57.2 Å². The first-order valence-electron chi connectivity index (χ1n) is 9.04. The van der Waals surface area contributed by atoms with Crippen LogP contribution >= 0.6 is 0 Å². The fraction of sp³-hybridized carbons (Fsp3) is 0.474. The van der Waals surface area contributed by atoms with Gasteiger partial charge in [-0.25, -0.2) is 9.37 Å². The molecule has 3 heterocycles. The van der Waals surface area contributed by atoms with Crippen molar-refractivity contribution in [1.82, 2.24) is 19.8 Å². The van der Waals surface area contributed by atoms with Crippen molar-refractivity contribution in [2.24, 2.45) is 0 Å². The Morgan fingerprint density at radius 3 is 2.50 bits per heavy atom. The van der Waals surface area contributed by atoms with Gasteiger partial charge in [0.1, 0.15) is 5.82 Å². The van der Waals surface area contributed by atoms with Crippen LogP contribution in [0, 0.1) is 5.82 Å². The van der Waals surface area contributed by atoms with Gasteiger partial charge in [-0.3, -0.25) is 9.80 Å². The molecule has 2 aromatic rings. The largest absolute Gasteiger partial charge is 0.467 e. The number of halogens is 1. The van der Waals surface area contributed by atoms with Crippen LogP contribution in [0.5, 0.6) is 6.01 Å². The summed E-state index contributed by atoms with van der Waals surface area (Å²) in [4.78, 5) is 15.7. The first kappa shape index (κ1) is 17.2. The third-order valence-electron chi connectivity index (χ3n) is 5.22. The van der Waals surface area contributed by atoms with E-state index in [1.54, 1.807) is 13.3 Å². The van der Waals surface area contributed by atoms with E-state index in [2.05, 4.69) is 24.7 Å². The molecule has 138 valence electrons. The fourth-order valence-electron chi connectivity index (χ4n) is 3.69. The number of aromatic nitrogens is 2. The van der Waals surface area contributed by atoms with Crippen molar-refractivity contribution < 1.29 is 9.13 Å². The highest BCUT2D eigenvalue weighted by molar-refractivity contribution is 5.46. The van der Waals surface area contributed by atoms with E-state index in [1.807, 2.05) is 18.2 Å². The van der Waals surface area contributed by atoms with Gasteiger partial charge in [0.05, 0.1) is 12.8 Å². The van der Waals surface area contributed by atoms with Crippen LogP contribution in [0.4, 0.5) is 10.1 Å². The van der Waals surface area contributed by atoms with Crippen LogP contribution in [0.25, 0.3) is 0 Å². The summed E-state index contributed by atoms with van der Waals surface area (Å²) in [5.41, 5.74) is 2.11. The van der Waals surface area contributed by atoms with Crippen molar-refractivity contribution in [3.05, 3.63) is 48.0 Å². The third-order valence-corrected chi connectivity index (χ3v) is 5.22. The van der Waals surface area contributed by atoms with Crippen LogP contribution in [0.3, 0.4) is 0 Å². The molecule has 0 bridgehead atoms. The molecule has 26 heavy (non-hydrogen) atoms. The predicted octanol–water partition coefficient (Wildman–Crippen LogP) is 1.63. The molecule has 4 rings (SSSR count). The second-order valence-electron chi connectivity index (χ2n) is 6.88. The zero-order chi connectivity index (χ0) is 17.9. The van der Waals surface area contributed by atoms with Crippen LogP contribution in [0.2, 0.25) is 0 Å². The number of anilines is 1. The Hall–Kier alpha value is -2.25. The molecule has 0 aliphatic carbocycles. The lowest BCUT2D eigenvalue weighted by Gasteiger charge is -2.48. The van der Waals surface area contributed by atoms with Crippen LogP contribution < -0.4 is 9.64 Å². The van der Waals surface area contributed by atoms with Gasteiger partial charge >= 0.3 is 6.01 Å². The molecule has 0 radical (unpaired) electrons. The summed E-state index contributed by atoms with van der Waals surface area (Å²) >= 11 is 0. The van der Waals surface area contributed by atoms with Gasteiger partial charge in [-0.2, -0.15) is 4.98 Å². The van der Waals surface area contributed by atoms with Gasteiger partial charge in [-0.1, -0.05) is 0 Å². The van der Waals surface area contributed by atoms with Gasteiger partial charge in [0, 0.05) is 63.7 Å². The van der Waals surface area contributed by atoms with Crippen molar-refractivity contribution in [2.75, 3.05) is 51.3 Å². The summed E-state index contributed by atoms with van der Waals surface area (Å²) in [6, 6.07) is 9.79. The van der Waals surface area contributed by atoms with Gasteiger partial charge in [-0.05, 0) is 30.3 Å². The second kappa shape index (κ2) is 7.55. The van der Waals surface area contributed by atoms with Crippen molar-refractivity contribution in [1.29, 1.82) is 0 Å². The Morgan fingerprint density at radius 2 is 1.81 bits per heavy atom. The minimum absolute atomic E-state index is 0.178. The molecule has 0 N–H and O–H groups in total. The molecule has 2 aliphatic heterocycles. The summed E-state index contributed by atoms with van der Waals surface area (Å²) in [5, 5.41) is 0. The Morgan fingerprint density at radius 1 is 1.08 bits per heavy atom. The standard InChI is InChI=1S/C19H24FN5O/c1-26-19-21-7-6-16(22-19)12-23-13-18(14-23)25-10-8-24(9-11-25)17-4-2-15(20)3-5-17/h2-7,18H,8-14H2,1H3. The zero-order valence-corrected chi connectivity index (χ0v) is 15.0. The van der Waals surface area contributed by atoms with Crippen LogP contribution in [0.1, 0.15) is 5.69 Å². The molecule has 2 saturated heterocycles. The van der Waals surface area contributed by atoms with Crippen molar-refractivity contribution >= 4 is 5.69 Å². The summed E-state index contributed by atoms with van der Waals surface area (Å²) in [5.74, 6) is -0.178. The summed E-state index contributed by atoms with van der Waals surface area (Å²) in [6.07, 6.45) is 1.74. The molecule has 2 aliphatic rings. The summed E-state index contributed by atoms with van der Waals surface area (Å²) < 4.78 is 18.1. The smallest absolute Gasteiger partial charge is 0.316 e. The molecule has 0 spiro atoms. The van der Waals surface area contributed by atoms with Gasteiger partial charge < -0.3 is 9.64 Å². The number of hydrogen-bond donors (Lipinski definition) is 0. The van der Waals surface area contributed by atoms with Crippen molar-refractivity contribution in [3.63, 3.8) is 0 Å². The maximum atomic E-state index is 13.1. The predicted molar refractivity (Wildman–Crippen MR) is 97.8 cm³/mol. The summed E-state index contributed by atoms with van der Waals surface area (Å²) in [7, 11) is 1.59. The molecule has 0 amide bonds. The lowest BCUT2D eigenvalue weighted by molar-refractivity contribution is 0.0248. The third kappa shape index (κ3) is 3.78. The lowest BCUT2D eigenvalue weighted by Crippen LogP contribution is -2.62. The molecule has 6 nitrogen and oxygen atoms in total. The first-order valence-corrected chi connectivity index (χ1v) is 9.04. The number of rotatable bonds is 5. The number of methoxy groups -OCH3 is 1. The van der Waals surface area contributed by atoms with E-state index in [-0.39, 0.29) is 5.82 Å². The molecule has 7 heteroatoms. The van der Waals surface area contributed by atoms with Crippen LogP contribution in [-0.4, -0.2) is 72.2 Å². The van der Waals surface area contributed by atoms with E-state index < -0.39 is 0 Å². The average Bonchev–Trinajstić information content (AvgIpc) is 2.65. The molecular formula is C19H24FN5O. The Bertz CT molecular complexity index is 727. The number of likely N-dealkylation sites (tertiary alicyclic amines) is 1. The lowest BCUT2D eigenvalue weighted by atomic mass is 10.1. The molecule has 0 saturated carbocycles. The molecular weight excluding hydrogens is 333 g/mol. The normalized spacial score (nSPS) is 19.4. The van der Waals surface area contributed by atoms with E-state index >= 15 is 0 Å². The zero-order valence-electron chi connectivity index (χ0n) is 15.0. The topological polar surface area (TPSA) is 44.7 Å². The fourth-order valence-corrected chi connectivity index (χ4v) is 3.69. The molecule has 2 fully saturated rings. The van der Waals surface area contributed by atoms with Gasteiger partial charge in [-0.15, -0.1) is 0 Å². The quantitative estimate of drug-likeness (QED) is 0.811. The maximum absolute atomic E-state index is 13.1. The Labute approximate surface area is 153 Å². The van der Waals surface area contributed by atoms with Gasteiger partial charge in [0.2, 0.25) is 0 Å². The van der Waals surface area contributed by atoms with E-state index in [4.69, 9.17) is 4.74 Å². The second-order valence-corrected chi connectivity index (χ2v) is 6.88. The van der Waals surface area contributed by atoms with E-state index in [0.29, 0.717) is 12.1 Å². The molecule has 0 atom stereocenters.